The Kier molecular flexibility index (Phi) is 21.9. The Hall–Kier alpha value is -5.13. The summed E-state index contributed by atoms with van der Waals surface area (Å²) < 4.78 is 96.4. The smallest absolute Gasteiger partial charge is 0.288 e. The van der Waals surface area contributed by atoms with Crippen LogP contribution in [0.3, 0.4) is 0 Å². The van der Waals surface area contributed by atoms with E-state index in [1.807, 2.05) is 298 Å². The maximum atomic E-state index is 8.92. The molecule has 4 rings (SSSR count). The topological polar surface area (TPSA) is 120 Å². The summed E-state index contributed by atoms with van der Waals surface area (Å²) in [6, 6.07) is 15.5. The Bertz CT molecular complexity index is 2570. The van der Waals surface area contributed by atoms with Crippen molar-refractivity contribution in [3.63, 3.8) is 0 Å². The van der Waals surface area contributed by atoms with E-state index in [9.17, 15) is 0 Å². The van der Waals surface area contributed by atoms with Gasteiger partial charge in [0.15, 0.2) is 46.0 Å². The molecule has 0 atom stereocenters. The maximum Gasteiger partial charge on any atom is 0.288 e. The van der Waals surface area contributed by atoms with Gasteiger partial charge < -0.3 is 61.0 Å². The van der Waals surface area contributed by atoms with Gasteiger partial charge in [0.05, 0.1) is 20.7 Å². The fourth-order valence-electron chi connectivity index (χ4n) is 8.53. The van der Waals surface area contributed by atoms with Crippen LogP contribution in [-0.4, -0.2) is 85.3 Å². The average molecular weight is 1250 g/mol. The van der Waals surface area contributed by atoms with Gasteiger partial charge in [0.25, 0.3) is 18.1 Å². The zero-order valence-corrected chi connectivity index (χ0v) is 62.9. The highest BCUT2D eigenvalue weighted by atomic mass is 28.4. The molecule has 0 fully saturated rings. The van der Waals surface area contributed by atoms with Crippen LogP contribution < -0.4 is 77.6 Å². The molecular weight excluding hydrogens is 1130 g/mol. The molecule has 4 aromatic carbocycles. The highest BCUT2D eigenvalue weighted by molar-refractivity contribution is 6.94. The SMILES string of the molecule is CC(C)(C)Oc1ccc(OC(C)(C)C)c([Si](O[Si](c2c(OC(C)(C)C)ccc(OC(C)(C)C)c2OC(C)(C)C)c2c(OC(C)(C)C)ccc(OC(C)(C)C)c2OC(C)(C)C)c2c(OC(C)(C)C)ccc(OC(C)(C)C)c2OC(C)(C)C)c1OC(C)(C)C. The molecule has 0 aromatic heterocycles. The lowest BCUT2D eigenvalue weighted by atomic mass is 10.1. The van der Waals surface area contributed by atoms with Crippen LogP contribution in [0.15, 0.2) is 48.5 Å². The lowest BCUT2D eigenvalue weighted by molar-refractivity contribution is 0.0937. The molecule has 0 N–H and O–H groups in total. The Morgan fingerprint density at radius 1 is 0.172 bits per heavy atom. The standard InChI is InChI=1S/C72H116O13Si2/c1-61(2,3)73-45-37-41-49(77-65(13,14)15)57(53(45)81-69(25,26)27)86(58-50(78-66(16,17)18)42-38-46(74-62(4,5)6)54(58)82-70(28,29)30)85-87(59-51(79-67(19,20)21)43-39-47(75-63(7,8)9)55(59)83-71(31,32)33)60-52(80-68(22,23)24)44-40-48(76-64(10,11)12)56(60)84-72(34,35)36/h37-44H,1-36H3. The summed E-state index contributed by atoms with van der Waals surface area (Å²) >= 11 is 0. The molecule has 0 bridgehead atoms. The third kappa shape index (κ3) is 24.6. The van der Waals surface area contributed by atoms with Crippen LogP contribution in [0, 0.1) is 0 Å². The molecule has 2 radical (unpaired) electrons. The Labute approximate surface area is 531 Å². The monoisotopic (exact) mass is 1240 g/mol. The van der Waals surface area contributed by atoms with Crippen molar-refractivity contribution in [2.24, 2.45) is 0 Å². The molecule has 13 nitrogen and oxygen atoms in total. The number of ether oxygens (including phenoxy) is 12. The van der Waals surface area contributed by atoms with Gasteiger partial charge in [0.2, 0.25) is 0 Å². The molecular formula is C72H116O13Si2. The molecule has 0 amide bonds. The first kappa shape index (κ1) is 74.3. The van der Waals surface area contributed by atoms with Gasteiger partial charge in [-0.25, -0.2) is 0 Å². The van der Waals surface area contributed by atoms with Gasteiger partial charge in [0, 0.05) is 0 Å². The molecule has 0 heterocycles. The second-order valence-electron chi connectivity index (χ2n) is 34.4. The zero-order valence-electron chi connectivity index (χ0n) is 60.9. The predicted octanol–water partition coefficient (Wildman–Crippen LogP) is 16.7. The third-order valence-electron chi connectivity index (χ3n) is 10.4. The van der Waals surface area contributed by atoms with E-state index in [-0.39, 0.29) is 0 Å². The molecule has 0 spiro atoms. The molecule has 0 aliphatic carbocycles. The van der Waals surface area contributed by atoms with Gasteiger partial charge in [0.1, 0.15) is 90.2 Å². The van der Waals surface area contributed by atoms with Crippen molar-refractivity contribution in [1.29, 1.82) is 0 Å². The number of hydrogen-bond donors (Lipinski definition) is 0. The lowest BCUT2D eigenvalue weighted by Crippen LogP contribution is -2.59. The van der Waals surface area contributed by atoms with E-state index in [1.165, 1.54) is 0 Å². The summed E-state index contributed by atoms with van der Waals surface area (Å²) in [7, 11) is -6.41. The first-order valence-electron chi connectivity index (χ1n) is 30.9. The largest absolute Gasteiger partial charge is 0.488 e. The summed E-state index contributed by atoms with van der Waals surface area (Å²) in [4.78, 5) is 0. The van der Waals surface area contributed by atoms with Gasteiger partial charge in [-0.1, -0.05) is 0 Å². The first-order chi connectivity index (χ1) is 38.6. The van der Waals surface area contributed by atoms with Crippen LogP contribution in [0.5, 0.6) is 69.0 Å². The molecule has 0 saturated carbocycles. The Morgan fingerprint density at radius 3 is 0.414 bits per heavy atom. The van der Waals surface area contributed by atoms with Crippen LogP contribution in [0.2, 0.25) is 0 Å². The van der Waals surface area contributed by atoms with Crippen LogP contribution in [-0.2, 0) is 4.12 Å². The first-order valence-corrected chi connectivity index (χ1v) is 33.8. The molecule has 490 valence electrons. The normalized spacial score (nSPS) is 13.8. The molecule has 0 saturated heterocycles. The van der Waals surface area contributed by atoms with Crippen molar-refractivity contribution in [3.05, 3.63) is 48.5 Å². The van der Waals surface area contributed by atoms with E-state index in [0.29, 0.717) is 89.7 Å². The van der Waals surface area contributed by atoms with E-state index < -0.39 is 85.3 Å². The van der Waals surface area contributed by atoms with Gasteiger partial charge in [-0.05, 0) is 298 Å². The average Bonchev–Trinajstić information content (AvgIpc) is 0.758. The minimum absolute atomic E-state index is 0.407. The van der Waals surface area contributed by atoms with E-state index >= 15 is 0 Å². The Morgan fingerprint density at radius 2 is 0.287 bits per heavy atom. The van der Waals surface area contributed by atoms with Crippen molar-refractivity contribution in [1.82, 2.24) is 0 Å². The number of hydrogen-bond acceptors (Lipinski definition) is 13. The minimum Gasteiger partial charge on any atom is -0.488 e. The van der Waals surface area contributed by atoms with Crippen molar-refractivity contribution in [2.75, 3.05) is 0 Å². The van der Waals surface area contributed by atoms with E-state index in [0.717, 1.165) is 0 Å². The summed E-state index contributed by atoms with van der Waals surface area (Å²) in [5.74, 6) is 5.42. The van der Waals surface area contributed by atoms with Gasteiger partial charge in [-0.2, -0.15) is 0 Å². The van der Waals surface area contributed by atoms with Crippen molar-refractivity contribution >= 4 is 38.8 Å². The highest BCUT2D eigenvalue weighted by Gasteiger charge is 2.48. The van der Waals surface area contributed by atoms with Crippen LogP contribution >= 0.6 is 0 Å². The summed E-state index contributed by atoms with van der Waals surface area (Å²) in [6.07, 6.45) is 0. The van der Waals surface area contributed by atoms with Crippen LogP contribution in [0.25, 0.3) is 0 Å². The summed E-state index contributed by atoms with van der Waals surface area (Å²) in [5, 5.41) is 2.27. The Balaban J connectivity index is 2.82. The summed E-state index contributed by atoms with van der Waals surface area (Å²) in [6.45, 7) is 72.9. The molecule has 4 aromatic rings. The number of benzene rings is 4. The predicted molar refractivity (Wildman–Crippen MR) is 361 cm³/mol. The summed E-state index contributed by atoms with van der Waals surface area (Å²) in [5.41, 5.74) is -9.19. The lowest BCUT2D eigenvalue weighted by Gasteiger charge is -2.38. The van der Waals surface area contributed by atoms with Crippen molar-refractivity contribution < 1.29 is 61.0 Å². The fraction of sp³-hybridized carbons (Fsp3) is 0.667. The third-order valence-corrected chi connectivity index (χ3v) is 15.8. The van der Waals surface area contributed by atoms with Gasteiger partial charge in [-0.15, -0.1) is 0 Å². The van der Waals surface area contributed by atoms with E-state index in [1.54, 1.807) is 0 Å². The molecule has 0 unspecified atom stereocenters. The quantitative estimate of drug-likeness (QED) is 0.0880. The van der Waals surface area contributed by atoms with Gasteiger partial charge >= 0.3 is 0 Å². The minimum atomic E-state index is -3.20. The molecule has 0 aliphatic heterocycles. The maximum absolute atomic E-state index is 8.92. The second-order valence-corrected chi connectivity index (χ2v) is 38.5. The highest BCUT2D eigenvalue weighted by Crippen LogP contribution is 2.44. The number of rotatable bonds is 18. The molecule has 15 heteroatoms. The van der Waals surface area contributed by atoms with Crippen molar-refractivity contribution in [2.45, 2.75) is 316 Å². The molecule has 0 aliphatic rings. The van der Waals surface area contributed by atoms with Crippen LogP contribution in [0.4, 0.5) is 0 Å². The van der Waals surface area contributed by atoms with Crippen LogP contribution in [0.1, 0.15) is 249 Å². The fourth-order valence-corrected chi connectivity index (χ4v) is 14.4. The van der Waals surface area contributed by atoms with Crippen molar-refractivity contribution in [3.8, 4) is 69.0 Å². The zero-order chi connectivity index (χ0) is 67.2. The second kappa shape index (κ2) is 25.6. The van der Waals surface area contributed by atoms with Gasteiger partial charge in [-0.3, -0.25) is 0 Å². The van der Waals surface area contributed by atoms with E-state index in [4.69, 9.17) is 61.0 Å². The molecule has 87 heavy (non-hydrogen) atoms. The van der Waals surface area contributed by atoms with E-state index in [2.05, 4.69) is 0 Å².